The molecule has 5 aromatic rings. The Bertz CT molecular complexity index is 1310. The van der Waals surface area contributed by atoms with Crippen LogP contribution in [-0.4, -0.2) is 35.1 Å². The fraction of sp³-hybridized carbons (Fsp3) is 0.0952. The standard InChI is InChI=1S/C21H17N7O/c1-15(16-8-4-2-5-9-16)26-29-13-19-24-21-18-12-23-28(17-10-6-3-7-11-17)20(18)22-14-27(21)25-19/h2-12,14H,13H2,1H3/b26-15+. The molecule has 3 heterocycles. The Morgan fingerprint density at radius 2 is 1.76 bits per heavy atom. The molecule has 0 fully saturated rings. The van der Waals surface area contributed by atoms with E-state index in [1.807, 2.05) is 67.6 Å². The zero-order chi connectivity index (χ0) is 19.6. The molecule has 2 aromatic carbocycles. The van der Waals surface area contributed by atoms with Crippen molar-refractivity contribution in [3.8, 4) is 5.69 Å². The maximum atomic E-state index is 5.46. The van der Waals surface area contributed by atoms with E-state index in [0.29, 0.717) is 11.5 Å². The van der Waals surface area contributed by atoms with E-state index in [4.69, 9.17) is 4.84 Å². The van der Waals surface area contributed by atoms with Crippen LogP contribution in [0, 0.1) is 0 Å². The summed E-state index contributed by atoms with van der Waals surface area (Å²) in [6.45, 7) is 2.07. The van der Waals surface area contributed by atoms with Gasteiger partial charge >= 0.3 is 0 Å². The number of rotatable bonds is 5. The van der Waals surface area contributed by atoms with Gasteiger partial charge in [-0.25, -0.2) is 19.2 Å². The molecule has 8 heteroatoms. The lowest BCUT2D eigenvalue weighted by atomic mass is 10.1. The number of fused-ring (bicyclic) bond motifs is 3. The van der Waals surface area contributed by atoms with Crippen LogP contribution in [0.3, 0.4) is 0 Å². The van der Waals surface area contributed by atoms with Gasteiger partial charge < -0.3 is 4.84 Å². The van der Waals surface area contributed by atoms with E-state index in [9.17, 15) is 0 Å². The molecular formula is C21H17N7O. The molecule has 0 amide bonds. The van der Waals surface area contributed by atoms with Crippen molar-refractivity contribution < 1.29 is 4.84 Å². The molecule has 0 atom stereocenters. The van der Waals surface area contributed by atoms with Crippen LogP contribution >= 0.6 is 0 Å². The van der Waals surface area contributed by atoms with Crippen molar-refractivity contribution in [3.63, 3.8) is 0 Å². The Morgan fingerprint density at radius 3 is 2.55 bits per heavy atom. The lowest BCUT2D eigenvalue weighted by Crippen LogP contribution is -1.98. The van der Waals surface area contributed by atoms with Gasteiger partial charge in [0.05, 0.1) is 23.0 Å². The molecule has 5 rings (SSSR count). The molecule has 0 aliphatic carbocycles. The van der Waals surface area contributed by atoms with Crippen LogP contribution in [0.4, 0.5) is 0 Å². The second-order valence-corrected chi connectivity index (χ2v) is 6.49. The van der Waals surface area contributed by atoms with Gasteiger partial charge in [-0.1, -0.05) is 53.7 Å². The molecule has 0 N–H and O–H groups in total. The highest BCUT2D eigenvalue weighted by atomic mass is 16.6. The van der Waals surface area contributed by atoms with Crippen LogP contribution < -0.4 is 0 Å². The number of para-hydroxylation sites is 1. The van der Waals surface area contributed by atoms with Gasteiger partial charge in [0.15, 0.2) is 23.7 Å². The topological polar surface area (TPSA) is 82.5 Å². The van der Waals surface area contributed by atoms with Crippen LogP contribution in [0.25, 0.3) is 22.4 Å². The van der Waals surface area contributed by atoms with Gasteiger partial charge in [-0.3, -0.25) is 0 Å². The molecule has 29 heavy (non-hydrogen) atoms. The SMILES string of the molecule is C/C(=N\OCc1nc2c3cnn(-c4ccccc4)c3ncn2n1)c1ccccc1. The third kappa shape index (κ3) is 3.20. The molecular weight excluding hydrogens is 366 g/mol. The molecule has 142 valence electrons. The summed E-state index contributed by atoms with van der Waals surface area (Å²) in [5.74, 6) is 0.524. The number of aromatic nitrogens is 6. The predicted molar refractivity (Wildman–Crippen MR) is 109 cm³/mol. The lowest BCUT2D eigenvalue weighted by molar-refractivity contribution is 0.125. The highest BCUT2D eigenvalue weighted by Crippen LogP contribution is 2.19. The maximum Gasteiger partial charge on any atom is 0.192 e. The first-order valence-corrected chi connectivity index (χ1v) is 9.15. The highest BCUT2D eigenvalue weighted by Gasteiger charge is 2.13. The Labute approximate surface area is 166 Å². The van der Waals surface area contributed by atoms with Crippen LogP contribution in [0.2, 0.25) is 0 Å². The summed E-state index contributed by atoms with van der Waals surface area (Å²) >= 11 is 0. The zero-order valence-electron chi connectivity index (χ0n) is 15.7. The average Bonchev–Trinajstić information content (AvgIpc) is 3.38. The van der Waals surface area contributed by atoms with Crippen molar-refractivity contribution in [3.05, 3.63) is 84.6 Å². The summed E-state index contributed by atoms with van der Waals surface area (Å²) in [7, 11) is 0. The summed E-state index contributed by atoms with van der Waals surface area (Å²) in [6.07, 6.45) is 3.38. The number of nitrogens with zero attached hydrogens (tertiary/aromatic N) is 7. The molecule has 0 saturated heterocycles. The minimum absolute atomic E-state index is 0.167. The van der Waals surface area contributed by atoms with Crippen molar-refractivity contribution in [1.29, 1.82) is 0 Å². The van der Waals surface area contributed by atoms with Gasteiger partial charge in [0.2, 0.25) is 0 Å². The molecule has 0 bridgehead atoms. The van der Waals surface area contributed by atoms with Gasteiger partial charge in [0.25, 0.3) is 0 Å². The Kier molecular flexibility index (Phi) is 4.21. The fourth-order valence-electron chi connectivity index (χ4n) is 3.10. The van der Waals surface area contributed by atoms with Gasteiger partial charge in [-0.15, -0.1) is 5.10 Å². The molecule has 0 spiro atoms. The molecule has 0 radical (unpaired) electrons. The van der Waals surface area contributed by atoms with E-state index < -0.39 is 0 Å². The molecule has 0 aliphatic rings. The van der Waals surface area contributed by atoms with Crippen molar-refractivity contribution in [2.45, 2.75) is 13.5 Å². The van der Waals surface area contributed by atoms with Gasteiger partial charge in [0, 0.05) is 0 Å². The smallest absolute Gasteiger partial charge is 0.192 e. The van der Waals surface area contributed by atoms with Crippen molar-refractivity contribution in [2.75, 3.05) is 0 Å². The molecule has 3 aromatic heterocycles. The Balaban J connectivity index is 1.42. The van der Waals surface area contributed by atoms with Crippen LogP contribution in [0.5, 0.6) is 0 Å². The number of hydrogen-bond acceptors (Lipinski definition) is 6. The first-order valence-electron chi connectivity index (χ1n) is 9.15. The summed E-state index contributed by atoms with van der Waals surface area (Å²) in [6, 6.07) is 19.7. The highest BCUT2D eigenvalue weighted by molar-refractivity contribution is 5.98. The third-order valence-electron chi connectivity index (χ3n) is 4.54. The average molecular weight is 383 g/mol. The van der Waals surface area contributed by atoms with E-state index in [2.05, 4.69) is 25.3 Å². The Morgan fingerprint density at radius 1 is 1.00 bits per heavy atom. The van der Waals surface area contributed by atoms with Crippen molar-refractivity contribution >= 4 is 22.4 Å². The van der Waals surface area contributed by atoms with E-state index in [1.165, 1.54) is 0 Å². The van der Waals surface area contributed by atoms with E-state index >= 15 is 0 Å². The molecule has 0 aliphatic heterocycles. The third-order valence-corrected chi connectivity index (χ3v) is 4.54. The largest absolute Gasteiger partial charge is 0.387 e. The maximum absolute atomic E-state index is 5.46. The molecule has 8 nitrogen and oxygen atoms in total. The monoisotopic (exact) mass is 383 g/mol. The van der Waals surface area contributed by atoms with Gasteiger partial charge in [-0.2, -0.15) is 5.10 Å². The first-order chi connectivity index (χ1) is 14.3. The number of benzene rings is 2. The minimum atomic E-state index is 0.167. The van der Waals surface area contributed by atoms with Gasteiger partial charge in [0.1, 0.15) is 6.33 Å². The minimum Gasteiger partial charge on any atom is -0.387 e. The molecule has 0 saturated carbocycles. The summed E-state index contributed by atoms with van der Waals surface area (Å²) < 4.78 is 3.42. The molecule has 0 unspecified atom stereocenters. The number of oxime groups is 1. The van der Waals surface area contributed by atoms with Crippen molar-refractivity contribution in [1.82, 2.24) is 29.4 Å². The van der Waals surface area contributed by atoms with E-state index in [0.717, 1.165) is 28.0 Å². The summed E-state index contributed by atoms with van der Waals surface area (Å²) in [5, 5.41) is 13.9. The zero-order valence-corrected chi connectivity index (χ0v) is 15.7. The normalized spacial score (nSPS) is 12.0. The van der Waals surface area contributed by atoms with Crippen molar-refractivity contribution in [2.24, 2.45) is 5.16 Å². The summed E-state index contributed by atoms with van der Waals surface area (Å²) in [4.78, 5) is 14.5. The van der Waals surface area contributed by atoms with Crippen LogP contribution in [0.1, 0.15) is 18.3 Å². The summed E-state index contributed by atoms with van der Waals surface area (Å²) in [5.41, 5.74) is 4.14. The van der Waals surface area contributed by atoms with E-state index in [1.54, 1.807) is 21.7 Å². The quantitative estimate of drug-likeness (QED) is 0.343. The lowest BCUT2D eigenvalue weighted by Gasteiger charge is -2.01. The second-order valence-electron chi connectivity index (χ2n) is 6.49. The predicted octanol–water partition coefficient (Wildman–Crippen LogP) is 3.40. The fourth-order valence-corrected chi connectivity index (χ4v) is 3.10. The van der Waals surface area contributed by atoms with E-state index in [-0.39, 0.29) is 6.61 Å². The first kappa shape index (κ1) is 17.1. The Hall–Kier alpha value is -4.07. The van der Waals surface area contributed by atoms with Gasteiger partial charge in [-0.05, 0) is 24.6 Å². The number of hydrogen-bond donors (Lipinski definition) is 0. The van der Waals surface area contributed by atoms with Crippen LogP contribution in [0.15, 0.2) is 78.3 Å². The van der Waals surface area contributed by atoms with Crippen LogP contribution in [-0.2, 0) is 11.4 Å². The second kappa shape index (κ2) is 7.16.